The molecule has 0 radical (unpaired) electrons. The van der Waals surface area contributed by atoms with Gasteiger partial charge in [0.05, 0.1) is 11.1 Å². The molecule has 0 aliphatic rings. The number of aromatic nitrogens is 1. The van der Waals surface area contributed by atoms with Crippen LogP contribution in [0, 0.1) is 15.9 Å². The van der Waals surface area contributed by atoms with Crippen molar-refractivity contribution in [2.24, 2.45) is 0 Å². The maximum atomic E-state index is 12.6. The van der Waals surface area contributed by atoms with Crippen LogP contribution in [0.5, 0.6) is 0 Å². The molecule has 7 heteroatoms. The summed E-state index contributed by atoms with van der Waals surface area (Å²) < 4.78 is 12.5. The Hall–Kier alpha value is -1.24. The van der Waals surface area contributed by atoms with Crippen molar-refractivity contribution in [2.75, 3.05) is 5.73 Å². The Balaban J connectivity index is 3.43. The van der Waals surface area contributed by atoms with Crippen molar-refractivity contribution in [3.05, 3.63) is 26.7 Å². The van der Waals surface area contributed by atoms with Gasteiger partial charge in [0, 0.05) is 0 Å². The first kappa shape index (κ1) is 8.85. The molecule has 0 aromatic carbocycles. The Morgan fingerprint density at radius 1 is 1.75 bits per heavy atom. The number of halogens is 2. The van der Waals surface area contributed by atoms with Gasteiger partial charge in [0.25, 0.3) is 0 Å². The van der Waals surface area contributed by atoms with E-state index in [0.717, 1.165) is 6.20 Å². The maximum absolute atomic E-state index is 12.6. The lowest BCUT2D eigenvalue weighted by atomic mass is 10.3. The van der Waals surface area contributed by atoms with Crippen LogP contribution in [0.1, 0.15) is 0 Å². The summed E-state index contributed by atoms with van der Waals surface area (Å²) in [5, 5.41) is 10.3. The molecular formula is C5H3BrFN3O2. The highest BCUT2D eigenvalue weighted by atomic mass is 79.9. The van der Waals surface area contributed by atoms with Crippen LogP contribution in [0.25, 0.3) is 0 Å². The van der Waals surface area contributed by atoms with Gasteiger partial charge in [-0.3, -0.25) is 10.1 Å². The Bertz CT molecular complexity index is 344. The molecule has 0 spiro atoms. The van der Waals surface area contributed by atoms with Gasteiger partial charge >= 0.3 is 5.69 Å². The van der Waals surface area contributed by atoms with Gasteiger partial charge in [-0.1, -0.05) is 0 Å². The second kappa shape index (κ2) is 3.02. The van der Waals surface area contributed by atoms with E-state index in [9.17, 15) is 14.5 Å². The lowest BCUT2D eigenvalue weighted by Crippen LogP contribution is -2.00. The predicted octanol–water partition coefficient (Wildman–Crippen LogP) is 1.47. The van der Waals surface area contributed by atoms with Crippen molar-refractivity contribution >= 4 is 27.3 Å². The van der Waals surface area contributed by atoms with E-state index >= 15 is 0 Å². The molecular weight excluding hydrogens is 233 g/mol. The summed E-state index contributed by atoms with van der Waals surface area (Å²) in [5.41, 5.74) is 4.04. The summed E-state index contributed by atoms with van der Waals surface area (Å²) in [6.07, 6.45) is 0.812. The highest BCUT2D eigenvalue weighted by Gasteiger charge is 2.20. The zero-order valence-electron chi connectivity index (χ0n) is 5.62. The van der Waals surface area contributed by atoms with E-state index in [0.29, 0.717) is 0 Å². The first-order valence-electron chi connectivity index (χ1n) is 2.78. The van der Waals surface area contributed by atoms with Crippen LogP contribution < -0.4 is 5.73 Å². The highest BCUT2D eigenvalue weighted by Crippen LogP contribution is 2.30. The molecule has 1 heterocycles. The molecule has 0 saturated heterocycles. The minimum atomic E-state index is -0.898. The SMILES string of the molecule is Nc1c(F)cnc(Br)c1[N+](=O)[O-]. The molecule has 64 valence electrons. The minimum Gasteiger partial charge on any atom is -0.391 e. The molecule has 0 amide bonds. The van der Waals surface area contributed by atoms with Gasteiger partial charge in [0.15, 0.2) is 16.1 Å². The maximum Gasteiger partial charge on any atom is 0.327 e. The number of rotatable bonds is 1. The molecule has 0 bridgehead atoms. The largest absolute Gasteiger partial charge is 0.391 e. The van der Waals surface area contributed by atoms with E-state index in [-0.39, 0.29) is 4.60 Å². The molecule has 1 aromatic rings. The first-order chi connectivity index (χ1) is 5.54. The molecule has 0 fully saturated rings. The number of nitrogens with zero attached hydrogens (tertiary/aromatic N) is 2. The summed E-state index contributed by atoms with van der Waals surface area (Å²) in [6, 6.07) is 0. The third-order valence-corrected chi connectivity index (χ3v) is 1.76. The summed E-state index contributed by atoms with van der Waals surface area (Å²) in [4.78, 5) is 12.9. The second-order valence-electron chi connectivity index (χ2n) is 1.92. The predicted molar refractivity (Wildman–Crippen MR) is 43.0 cm³/mol. The number of hydrogen-bond donors (Lipinski definition) is 1. The highest BCUT2D eigenvalue weighted by molar-refractivity contribution is 9.10. The number of nitrogen functional groups attached to an aromatic ring is 1. The zero-order valence-corrected chi connectivity index (χ0v) is 7.21. The smallest absolute Gasteiger partial charge is 0.327 e. The molecule has 0 atom stereocenters. The van der Waals surface area contributed by atoms with Gasteiger partial charge in [-0.05, 0) is 15.9 Å². The van der Waals surface area contributed by atoms with Crippen LogP contribution in [0.4, 0.5) is 15.8 Å². The van der Waals surface area contributed by atoms with Crippen molar-refractivity contribution in [1.82, 2.24) is 4.98 Å². The monoisotopic (exact) mass is 235 g/mol. The van der Waals surface area contributed by atoms with Gasteiger partial charge in [0.2, 0.25) is 0 Å². The number of anilines is 1. The fourth-order valence-electron chi connectivity index (χ4n) is 0.642. The topological polar surface area (TPSA) is 82.0 Å². The van der Waals surface area contributed by atoms with Crippen LogP contribution in [0.2, 0.25) is 0 Å². The fourth-order valence-corrected chi connectivity index (χ4v) is 1.10. The summed E-state index contributed by atoms with van der Waals surface area (Å²) in [7, 11) is 0. The molecule has 1 aromatic heterocycles. The Labute approximate surface area is 74.7 Å². The molecule has 0 aliphatic heterocycles. The molecule has 0 unspecified atom stereocenters. The van der Waals surface area contributed by atoms with E-state index in [1.165, 1.54) is 0 Å². The quantitative estimate of drug-likeness (QED) is 0.454. The average molecular weight is 236 g/mol. The summed E-state index contributed by atoms with van der Waals surface area (Å²) in [5.74, 6) is -0.898. The molecule has 1 rings (SSSR count). The number of pyridine rings is 1. The Kier molecular flexibility index (Phi) is 2.22. The van der Waals surface area contributed by atoms with Crippen LogP contribution in [-0.4, -0.2) is 9.91 Å². The standard InChI is InChI=1S/C5H3BrFN3O2/c6-5-4(10(11)12)3(8)2(7)1-9-5/h1H,(H2,8,9). The molecule has 0 saturated carbocycles. The van der Waals surface area contributed by atoms with Gasteiger partial charge in [-0.25, -0.2) is 9.37 Å². The molecule has 12 heavy (non-hydrogen) atoms. The zero-order chi connectivity index (χ0) is 9.30. The molecule has 2 N–H and O–H groups in total. The third kappa shape index (κ3) is 1.35. The molecule has 0 aliphatic carbocycles. The normalized spacial score (nSPS) is 9.83. The second-order valence-corrected chi connectivity index (χ2v) is 2.67. The van der Waals surface area contributed by atoms with E-state index in [4.69, 9.17) is 5.73 Å². The van der Waals surface area contributed by atoms with Gasteiger partial charge in [-0.2, -0.15) is 0 Å². The average Bonchev–Trinajstić information content (AvgIpc) is 1.97. The number of nitro groups is 1. The number of hydrogen-bond acceptors (Lipinski definition) is 4. The van der Waals surface area contributed by atoms with Crippen molar-refractivity contribution in [3.8, 4) is 0 Å². The van der Waals surface area contributed by atoms with Gasteiger partial charge in [-0.15, -0.1) is 0 Å². The third-order valence-electron chi connectivity index (χ3n) is 1.18. The summed E-state index contributed by atoms with van der Waals surface area (Å²) in [6.45, 7) is 0. The van der Waals surface area contributed by atoms with Crippen molar-refractivity contribution in [3.63, 3.8) is 0 Å². The molecule has 5 nitrogen and oxygen atoms in total. The van der Waals surface area contributed by atoms with Crippen LogP contribution in [-0.2, 0) is 0 Å². The van der Waals surface area contributed by atoms with Crippen LogP contribution in [0.3, 0.4) is 0 Å². The van der Waals surface area contributed by atoms with E-state index < -0.39 is 22.1 Å². The lowest BCUT2D eigenvalue weighted by Gasteiger charge is -1.98. The van der Waals surface area contributed by atoms with Crippen molar-refractivity contribution in [1.29, 1.82) is 0 Å². The van der Waals surface area contributed by atoms with Gasteiger partial charge < -0.3 is 5.73 Å². The fraction of sp³-hybridized carbons (Fsp3) is 0. The van der Waals surface area contributed by atoms with E-state index in [2.05, 4.69) is 20.9 Å². The first-order valence-corrected chi connectivity index (χ1v) is 3.57. The number of nitrogens with two attached hydrogens (primary N) is 1. The van der Waals surface area contributed by atoms with Crippen molar-refractivity contribution < 1.29 is 9.31 Å². The minimum absolute atomic E-state index is 0.0774. The van der Waals surface area contributed by atoms with Crippen molar-refractivity contribution in [2.45, 2.75) is 0 Å². The Morgan fingerprint density at radius 3 is 2.75 bits per heavy atom. The lowest BCUT2D eigenvalue weighted by molar-refractivity contribution is -0.385. The van der Waals surface area contributed by atoms with Crippen LogP contribution >= 0.6 is 15.9 Å². The summed E-state index contributed by atoms with van der Waals surface area (Å²) >= 11 is 2.78. The van der Waals surface area contributed by atoms with E-state index in [1.807, 2.05) is 0 Å². The Morgan fingerprint density at radius 2 is 2.33 bits per heavy atom. The van der Waals surface area contributed by atoms with Crippen LogP contribution in [0.15, 0.2) is 10.8 Å². The van der Waals surface area contributed by atoms with Gasteiger partial charge in [0.1, 0.15) is 0 Å². The van der Waals surface area contributed by atoms with E-state index in [1.54, 1.807) is 0 Å².